The van der Waals surface area contributed by atoms with E-state index >= 15 is 0 Å². The van der Waals surface area contributed by atoms with Crippen LogP contribution in [-0.2, 0) is 0 Å². The van der Waals surface area contributed by atoms with Crippen molar-refractivity contribution in [3.63, 3.8) is 0 Å². The molecular formula is C13H9BrClNO. The fourth-order valence-electron chi connectivity index (χ4n) is 1.35. The van der Waals surface area contributed by atoms with Crippen LogP contribution >= 0.6 is 27.5 Å². The predicted molar refractivity (Wildman–Crippen MR) is 74.0 cm³/mol. The third-order valence-electron chi connectivity index (χ3n) is 2.22. The van der Waals surface area contributed by atoms with E-state index in [1.807, 2.05) is 12.1 Å². The Hall–Kier alpha value is -1.32. The Morgan fingerprint density at radius 1 is 1.00 bits per heavy atom. The van der Waals surface area contributed by atoms with E-state index in [4.69, 9.17) is 11.6 Å². The van der Waals surface area contributed by atoms with E-state index in [2.05, 4.69) is 15.9 Å². The first kappa shape index (κ1) is 12.1. The van der Waals surface area contributed by atoms with Crippen molar-refractivity contribution >= 4 is 39.4 Å². The molecule has 0 fully saturated rings. The van der Waals surface area contributed by atoms with Crippen LogP contribution in [0.15, 0.2) is 53.0 Å². The van der Waals surface area contributed by atoms with Gasteiger partial charge in [0.25, 0.3) is 0 Å². The van der Waals surface area contributed by atoms with Gasteiger partial charge >= 0.3 is 0 Å². The summed E-state index contributed by atoms with van der Waals surface area (Å²) in [5, 5.41) is 12.5. The fraction of sp³-hybridized carbons (Fsp3) is 0. The third kappa shape index (κ3) is 3.32. The van der Waals surface area contributed by atoms with Gasteiger partial charge in [0.2, 0.25) is 5.69 Å². The molecule has 0 N–H and O–H groups in total. The molecule has 2 aromatic carbocycles. The maximum Gasteiger partial charge on any atom is 0.216 e. The molecule has 0 saturated heterocycles. The molecule has 0 aromatic heterocycles. The summed E-state index contributed by atoms with van der Waals surface area (Å²) in [6, 6.07) is 14.3. The molecule has 0 aliphatic heterocycles. The second-order valence-electron chi connectivity index (χ2n) is 3.48. The highest BCUT2D eigenvalue weighted by Gasteiger charge is 2.01. The molecule has 0 bridgehead atoms. The molecule has 4 heteroatoms. The normalized spacial score (nSPS) is 11.5. The van der Waals surface area contributed by atoms with Crippen LogP contribution < -0.4 is 0 Å². The molecule has 0 heterocycles. The van der Waals surface area contributed by atoms with Crippen LogP contribution in [0.25, 0.3) is 0 Å². The smallest absolute Gasteiger partial charge is 0.216 e. The first-order valence-electron chi connectivity index (χ1n) is 4.97. The molecule has 0 amide bonds. The molecule has 2 nitrogen and oxygen atoms in total. The van der Waals surface area contributed by atoms with E-state index in [-0.39, 0.29) is 0 Å². The highest BCUT2D eigenvalue weighted by Crippen LogP contribution is 2.16. The minimum absolute atomic E-state index is 0.586. The lowest BCUT2D eigenvalue weighted by Gasteiger charge is -2.02. The van der Waals surface area contributed by atoms with Crippen molar-refractivity contribution in [1.82, 2.24) is 0 Å². The van der Waals surface area contributed by atoms with Crippen molar-refractivity contribution in [3.05, 3.63) is 68.8 Å². The third-order valence-corrected chi connectivity index (χ3v) is 3.00. The first-order valence-corrected chi connectivity index (χ1v) is 6.14. The summed E-state index contributed by atoms with van der Waals surface area (Å²) in [5.41, 5.74) is 1.40. The van der Waals surface area contributed by atoms with Crippen LogP contribution in [0, 0.1) is 5.21 Å². The number of hydrogen-bond acceptors (Lipinski definition) is 1. The standard InChI is InChI=1S/C13H9BrClNO/c14-11-3-7-13(8-4-11)16(17)9-10-1-5-12(15)6-2-10/h1-9H/b16-9-. The van der Waals surface area contributed by atoms with E-state index in [0.717, 1.165) is 14.8 Å². The molecular weight excluding hydrogens is 302 g/mol. The molecule has 0 aliphatic carbocycles. The first-order chi connectivity index (χ1) is 8.15. The Morgan fingerprint density at radius 3 is 2.18 bits per heavy atom. The van der Waals surface area contributed by atoms with Gasteiger partial charge in [0.15, 0.2) is 6.21 Å². The lowest BCUT2D eigenvalue weighted by molar-refractivity contribution is -0.354. The molecule has 0 saturated carbocycles. The lowest BCUT2D eigenvalue weighted by Crippen LogP contribution is -1.98. The molecule has 0 unspecified atom stereocenters. The van der Waals surface area contributed by atoms with E-state index < -0.39 is 0 Å². The van der Waals surface area contributed by atoms with Crippen LogP contribution in [0.4, 0.5) is 5.69 Å². The number of nitrogens with zero attached hydrogens (tertiary/aromatic N) is 1. The van der Waals surface area contributed by atoms with Crippen molar-refractivity contribution in [2.45, 2.75) is 0 Å². The SMILES string of the molecule is [O-]/[N+](=C\c1ccc(Cl)cc1)c1ccc(Br)cc1. The van der Waals surface area contributed by atoms with Gasteiger partial charge in [0, 0.05) is 27.2 Å². The number of rotatable bonds is 2. The minimum atomic E-state index is 0.586. The predicted octanol–water partition coefficient (Wildman–Crippen LogP) is 4.36. The number of benzene rings is 2. The maximum atomic E-state index is 11.8. The molecule has 17 heavy (non-hydrogen) atoms. The summed E-state index contributed by atoms with van der Waals surface area (Å²) in [5.74, 6) is 0. The molecule has 0 spiro atoms. The zero-order valence-electron chi connectivity index (χ0n) is 8.81. The summed E-state index contributed by atoms with van der Waals surface area (Å²) >= 11 is 9.10. The Kier molecular flexibility index (Phi) is 3.82. The zero-order chi connectivity index (χ0) is 12.3. The molecule has 86 valence electrons. The van der Waals surface area contributed by atoms with Gasteiger partial charge in [0.05, 0.1) is 0 Å². The summed E-state index contributed by atoms with van der Waals surface area (Å²) < 4.78 is 1.77. The molecule has 2 aromatic rings. The lowest BCUT2D eigenvalue weighted by atomic mass is 10.2. The van der Waals surface area contributed by atoms with Gasteiger partial charge in [-0.15, -0.1) is 0 Å². The monoisotopic (exact) mass is 309 g/mol. The van der Waals surface area contributed by atoms with Gasteiger partial charge in [-0.1, -0.05) is 27.5 Å². The van der Waals surface area contributed by atoms with E-state index in [1.165, 1.54) is 6.21 Å². The molecule has 0 aliphatic rings. The highest BCUT2D eigenvalue weighted by molar-refractivity contribution is 9.10. The second-order valence-corrected chi connectivity index (χ2v) is 4.83. The topological polar surface area (TPSA) is 26.1 Å². The fourth-order valence-corrected chi connectivity index (χ4v) is 1.74. The molecule has 0 atom stereocenters. The quantitative estimate of drug-likeness (QED) is 0.350. The van der Waals surface area contributed by atoms with Crippen molar-refractivity contribution in [2.24, 2.45) is 0 Å². The van der Waals surface area contributed by atoms with E-state index in [9.17, 15) is 5.21 Å². The Balaban J connectivity index is 2.27. The van der Waals surface area contributed by atoms with Gasteiger partial charge in [-0.25, -0.2) is 0 Å². The largest absolute Gasteiger partial charge is 0.618 e. The van der Waals surface area contributed by atoms with Crippen molar-refractivity contribution < 1.29 is 4.74 Å². The van der Waals surface area contributed by atoms with Crippen molar-refractivity contribution in [1.29, 1.82) is 0 Å². The highest BCUT2D eigenvalue weighted by atomic mass is 79.9. The van der Waals surface area contributed by atoms with Gasteiger partial charge in [-0.2, -0.15) is 4.74 Å². The van der Waals surface area contributed by atoms with E-state index in [1.54, 1.807) is 36.4 Å². The Morgan fingerprint density at radius 2 is 1.59 bits per heavy atom. The minimum Gasteiger partial charge on any atom is -0.618 e. The molecule has 0 radical (unpaired) electrons. The van der Waals surface area contributed by atoms with Gasteiger partial charge in [-0.05, 0) is 36.4 Å². The maximum absolute atomic E-state index is 11.8. The van der Waals surface area contributed by atoms with Crippen LogP contribution in [-0.4, -0.2) is 11.0 Å². The van der Waals surface area contributed by atoms with Crippen molar-refractivity contribution in [3.8, 4) is 0 Å². The summed E-state index contributed by atoms with van der Waals surface area (Å²) in [4.78, 5) is 0. The summed E-state index contributed by atoms with van der Waals surface area (Å²) in [7, 11) is 0. The molecule has 2 rings (SSSR count). The second kappa shape index (κ2) is 5.34. The zero-order valence-corrected chi connectivity index (χ0v) is 11.1. The van der Waals surface area contributed by atoms with Crippen LogP contribution in [0.3, 0.4) is 0 Å². The van der Waals surface area contributed by atoms with Crippen molar-refractivity contribution in [2.75, 3.05) is 0 Å². The summed E-state index contributed by atoms with van der Waals surface area (Å²) in [6.07, 6.45) is 1.51. The van der Waals surface area contributed by atoms with E-state index in [0.29, 0.717) is 10.7 Å². The van der Waals surface area contributed by atoms with Gasteiger partial charge in [0.1, 0.15) is 0 Å². The average Bonchev–Trinajstić information content (AvgIpc) is 2.33. The summed E-state index contributed by atoms with van der Waals surface area (Å²) in [6.45, 7) is 0. The van der Waals surface area contributed by atoms with Gasteiger partial charge in [-0.3, -0.25) is 0 Å². The Labute approximate surface area is 113 Å². The number of hydrogen-bond donors (Lipinski definition) is 0. The van der Waals surface area contributed by atoms with Crippen LogP contribution in [0.1, 0.15) is 5.56 Å². The average molecular weight is 311 g/mol. The van der Waals surface area contributed by atoms with Gasteiger partial charge < -0.3 is 5.21 Å². The van der Waals surface area contributed by atoms with Crippen LogP contribution in [0.5, 0.6) is 0 Å². The number of halogens is 2. The Bertz CT molecular complexity index is 534. The van der Waals surface area contributed by atoms with Crippen LogP contribution in [0.2, 0.25) is 5.02 Å².